The number of nitrogens with one attached hydrogen (secondary N) is 7. The summed E-state index contributed by atoms with van der Waals surface area (Å²) in [6.45, 7) is -2.19. The first-order chi connectivity index (χ1) is 60.6. The van der Waals surface area contributed by atoms with Crippen LogP contribution in [-0.2, 0) is 76.5 Å². The number of phenols is 3. The van der Waals surface area contributed by atoms with E-state index in [4.69, 9.17) is 93.7 Å². The standard InChI is InChI=1S/2C23H29N3O16S.C17H23N5O9S.C7H7IN2O2/c24-8(20(36)37)1-2-12(29)26-9(19(35)25-5-13(30)31)6-43-18-10(27)3-7(4-11(18)28)22(40)42-23-16(34)14(32)15(33)17(41-23)21(38)39;24-8(21(37)38)1-2-12(28)26-9(19(34)25-5-13(29)30)6-43-18-10(27)3-7(20(35)36)4-11(18)41-23-16(33)14(31)15(32)17(42-23)22(39)40;18-9(17(28)29)2-4-13(23)21-10(16(27)20-6-14(24)25)7-32-12-3-1-8(15(19)26)5-11(12)22(30)31;8-5-2-1-4(7(9)11)3-6(5)10-12/h3-4,8-9,14-17,23,27-28,32-34H,1-2,5-6,24H2,(H,25,35)(H,26,29)(H,30,31)(H,36,37)(H,38,39);3-4,8-9,14-17,23,27,31-33H,1-2,5-6,24H2,(H,25,34)(H,26,28)(H,29,30)(H,35,36)(H,37,38)(H,39,40);1,3,5,9-10,14,24-25H,2,4,6-7,18H2,(H2,19,26)(H,20,27)(H,21,23)(H,28,29);1-3,10,12H,(H2,9,11)/t2*8?,9?,14-,15-,16+,17?,23?;;/m00../s1. The van der Waals surface area contributed by atoms with Crippen molar-refractivity contribution in [2.75, 3.05) is 42.4 Å². The molecule has 10 unspecified atom stereocenters. The number of carbonyl (C=O) groups excluding carboxylic acids is 9. The molecule has 0 aromatic heterocycles. The van der Waals surface area contributed by atoms with Crippen LogP contribution in [0.1, 0.15) is 80.0 Å². The number of aliphatic hydroxyl groups is 8. The average molecular weight is 2020 g/mol. The maximum atomic E-state index is 12.6. The molecule has 2 heterocycles. The van der Waals surface area contributed by atoms with Crippen molar-refractivity contribution in [3.63, 3.8) is 0 Å². The number of anilines is 1. The van der Waals surface area contributed by atoms with E-state index in [1.807, 2.05) is 38.7 Å². The Hall–Kier alpha value is -12.5. The number of thioether (sulfide) groups is 3. The molecule has 0 saturated carbocycles. The highest BCUT2D eigenvalue weighted by molar-refractivity contribution is 14.1. The van der Waals surface area contributed by atoms with Gasteiger partial charge in [-0.3, -0.25) is 83.1 Å². The first-order valence-electron chi connectivity index (χ1n) is 36.4. The molecule has 56 nitrogen and oxygen atoms in total. The lowest BCUT2D eigenvalue weighted by atomic mass is 9.99. The predicted octanol–water partition coefficient (Wildman–Crippen LogP) is -8.47. The summed E-state index contributed by atoms with van der Waals surface area (Å²) in [4.78, 5) is 207. The van der Waals surface area contributed by atoms with Crippen molar-refractivity contribution in [2.45, 2.75) is 157 Å². The lowest BCUT2D eigenvalue weighted by molar-refractivity contribution is -0.387. The van der Waals surface area contributed by atoms with Crippen LogP contribution in [0.15, 0.2) is 75.4 Å². The zero-order chi connectivity index (χ0) is 98.7. The van der Waals surface area contributed by atoms with Gasteiger partial charge < -0.3 is 177 Å². The second-order valence-electron chi connectivity index (χ2n) is 26.6. The molecule has 0 radical (unpaired) electrons. The van der Waals surface area contributed by atoms with Crippen molar-refractivity contribution in [3.8, 4) is 23.0 Å². The highest BCUT2D eigenvalue weighted by Gasteiger charge is 2.50. The number of aromatic hydroxyl groups is 3. The normalized spacial score (nSPS) is 19.2. The lowest BCUT2D eigenvalue weighted by Crippen LogP contribution is -2.61. The number of esters is 1. The fraction of sp³-hybridized carbons (Fsp3) is 0.414. The van der Waals surface area contributed by atoms with Gasteiger partial charge in [-0.05, 0) is 96.5 Å². The number of nitrogens with two attached hydrogens (primary N) is 5. The first kappa shape index (κ1) is 112. The van der Waals surface area contributed by atoms with Crippen LogP contribution in [0.25, 0.3) is 0 Å². The number of nitro groups is 1. The molecule has 2 aliphatic rings. The molecular weight excluding hydrogens is 1930 g/mol. The summed E-state index contributed by atoms with van der Waals surface area (Å²) in [6.07, 6.45) is -24.4. The van der Waals surface area contributed by atoms with Crippen LogP contribution in [0.4, 0.5) is 11.4 Å². The number of aliphatic hydroxyl groups excluding tert-OH is 7. The van der Waals surface area contributed by atoms with Crippen molar-refractivity contribution >= 4 is 170 Å². The number of aliphatic carboxylic acids is 7. The molecule has 37 N–H and O–H groups in total. The zero-order valence-electron chi connectivity index (χ0n) is 66.3. The van der Waals surface area contributed by atoms with Gasteiger partial charge in [-0.25, -0.2) is 19.2 Å². The predicted molar refractivity (Wildman–Crippen MR) is 439 cm³/mol. The summed E-state index contributed by atoms with van der Waals surface area (Å²) in [5.41, 5.74) is 27.4. The number of primary amides is 2. The smallest absolute Gasteiger partial charge is 0.340 e. The Morgan fingerprint density at radius 3 is 1.27 bits per heavy atom. The molecule has 4 aromatic carbocycles. The van der Waals surface area contributed by atoms with Crippen LogP contribution < -0.4 is 70.8 Å². The van der Waals surface area contributed by atoms with Crippen molar-refractivity contribution in [1.82, 2.24) is 31.9 Å². The Morgan fingerprint density at radius 1 is 0.492 bits per heavy atom. The van der Waals surface area contributed by atoms with Gasteiger partial charge >= 0.3 is 53.7 Å². The molecule has 4 aromatic rings. The second kappa shape index (κ2) is 53.5. The quantitative estimate of drug-likeness (QED) is 0.00488. The van der Waals surface area contributed by atoms with Crippen LogP contribution in [0.5, 0.6) is 23.0 Å². The van der Waals surface area contributed by atoms with Gasteiger partial charge in [-0.15, -0.1) is 35.3 Å². The van der Waals surface area contributed by atoms with E-state index in [1.165, 1.54) is 18.2 Å². The number of nitrogens with zero attached hydrogens (tertiary/aromatic N) is 1. The van der Waals surface area contributed by atoms with Crippen LogP contribution in [0, 0.1) is 13.7 Å². The number of carbonyl (C=O) groups is 17. The van der Waals surface area contributed by atoms with Gasteiger partial charge in [-0.1, -0.05) is 0 Å². The van der Waals surface area contributed by atoms with Crippen molar-refractivity contribution in [1.29, 1.82) is 0 Å². The average Bonchev–Trinajstić information content (AvgIpc) is 0.790. The Labute approximate surface area is 753 Å². The first-order valence-corrected chi connectivity index (χ1v) is 40.5. The third-order valence-electron chi connectivity index (χ3n) is 16.9. The van der Waals surface area contributed by atoms with E-state index < -0.39 is 294 Å². The number of hydrogen-bond donors (Lipinski definition) is 32. The molecule has 0 bridgehead atoms. The van der Waals surface area contributed by atoms with Gasteiger partial charge in [0.2, 0.25) is 59.8 Å². The minimum absolute atomic E-state index is 0.0853. The third kappa shape index (κ3) is 36.2. The van der Waals surface area contributed by atoms with Crippen molar-refractivity contribution < 1.29 is 208 Å². The molecule has 2 aliphatic heterocycles. The van der Waals surface area contributed by atoms with Crippen LogP contribution >= 0.6 is 57.9 Å². The largest absolute Gasteiger partial charge is 0.507 e. The Balaban J connectivity index is 0.000000475. The number of ether oxygens (including phenoxy) is 4. The van der Waals surface area contributed by atoms with E-state index in [2.05, 4.69) is 21.3 Å². The van der Waals surface area contributed by atoms with Crippen molar-refractivity contribution in [3.05, 3.63) is 96.6 Å². The molecule has 6 rings (SSSR count). The fourth-order valence-corrected chi connectivity index (χ4v) is 13.6. The van der Waals surface area contributed by atoms with Gasteiger partial charge in [0.05, 0.1) is 43.0 Å². The number of carboxylic acid groups (broad SMARTS) is 8. The number of amides is 8. The molecule has 16 atom stereocenters. The number of carboxylic acids is 8. The highest BCUT2D eigenvalue weighted by Crippen LogP contribution is 2.42. The molecule has 130 heavy (non-hydrogen) atoms. The van der Waals surface area contributed by atoms with E-state index >= 15 is 0 Å². The van der Waals surface area contributed by atoms with E-state index in [1.54, 1.807) is 12.1 Å². The molecule has 0 aliphatic carbocycles. The molecule has 716 valence electrons. The lowest BCUT2D eigenvalue weighted by Gasteiger charge is -2.38. The SMILES string of the molecule is NC(=O)c1ccc(I)c(NO)c1.NC(=O)c1ccc(SCC(NC(=O)CCC(N)C(=O)O)C(=O)NCC(O)O)c([N+](=O)[O-])c1.NC(CCC(=O)NC(CSc1c(O)cc(C(=O)O)cc1OC1OC(C(=O)O)[C@@H](O)[C@H](O)[C@H]1O)C(=O)NCC(=O)O)C(=O)O.NC(CCC(=O)NC(CSc1c(O)cc(C(=O)OC2OC(C(=O)O)[C@@H](O)[C@H](O)[C@H]2O)cc1O)C(=O)NCC(=O)O)C(=O)O. The van der Waals surface area contributed by atoms with E-state index in [9.17, 15) is 148 Å². The minimum Gasteiger partial charge on any atom is -0.507 e. The summed E-state index contributed by atoms with van der Waals surface area (Å²) in [5, 5.41) is 214. The Kier molecular flexibility index (Phi) is 45.9. The van der Waals surface area contributed by atoms with Gasteiger partial charge in [0, 0.05) is 57.3 Å². The Morgan fingerprint density at radius 2 is 0.877 bits per heavy atom. The molecule has 2 fully saturated rings. The Bertz CT molecular complexity index is 4770. The zero-order valence-corrected chi connectivity index (χ0v) is 71.0. The van der Waals surface area contributed by atoms with E-state index in [0.717, 1.165) is 45.7 Å². The molecule has 2 saturated heterocycles. The van der Waals surface area contributed by atoms with E-state index in [0.29, 0.717) is 34.8 Å². The molecule has 8 amide bonds. The van der Waals surface area contributed by atoms with Crippen LogP contribution in [-0.4, -0.2) is 349 Å². The third-order valence-corrected chi connectivity index (χ3v) is 21.4. The van der Waals surface area contributed by atoms with Gasteiger partial charge in [0.1, 0.15) is 109 Å². The summed E-state index contributed by atoms with van der Waals surface area (Å²) >= 11 is 4.00. The number of rotatable bonds is 44. The second-order valence-corrected chi connectivity index (χ2v) is 30.9. The number of hydrogen-bond acceptors (Lipinski definition) is 42. The number of phenolic OH excluding ortho intramolecular Hbond substituents is 3. The number of benzene rings is 4. The van der Waals surface area contributed by atoms with Gasteiger partial charge in [-0.2, -0.15) is 0 Å². The van der Waals surface area contributed by atoms with Crippen molar-refractivity contribution in [2.24, 2.45) is 28.7 Å². The summed E-state index contributed by atoms with van der Waals surface area (Å²) < 4.78 is 21.0. The molecule has 60 heteroatoms. The minimum atomic E-state index is -2.08. The van der Waals surface area contributed by atoms with Crippen LogP contribution in [0.2, 0.25) is 0 Å². The number of aromatic carboxylic acids is 1. The molecular formula is C70H88IN13O43S3. The van der Waals surface area contributed by atoms with E-state index in [-0.39, 0.29) is 51.7 Å². The topological polar surface area (TPSA) is 989 Å². The summed E-state index contributed by atoms with van der Waals surface area (Å²) in [7, 11) is 0. The maximum Gasteiger partial charge on any atom is 0.340 e. The monoisotopic (exact) mass is 2020 g/mol. The number of halogens is 1. The van der Waals surface area contributed by atoms with Crippen LogP contribution in [0.3, 0.4) is 0 Å². The highest BCUT2D eigenvalue weighted by atomic mass is 127. The molecule has 0 spiro atoms. The summed E-state index contributed by atoms with van der Waals surface area (Å²) in [6, 6.07) is 3.22. The van der Waals surface area contributed by atoms with Gasteiger partial charge in [0.25, 0.3) is 5.69 Å². The maximum absolute atomic E-state index is 12.6. The number of nitro benzene ring substituents is 1. The summed E-state index contributed by atoms with van der Waals surface area (Å²) in [5.74, 6) is -23.7. The fourth-order valence-electron chi connectivity index (χ4n) is 10.1. The van der Waals surface area contributed by atoms with Gasteiger partial charge in [0.15, 0.2) is 18.5 Å².